The molecule has 2 aromatic rings. The maximum atomic E-state index is 6.36. The molecule has 4 heteroatoms. The summed E-state index contributed by atoms with van der Waals surface area (Å²) in [5, 5.41) is 1.13. The fraction of sp³-hybridized carbons (Fsp3) is 0.529. The lowest BCUT2D eigenvalue weighted by Crippen LogP contribution is -2.35. The molecule has 0 amide bonds. The van der Waals surface area contributed by atoms with Gasteiger partial charge in [-0.05, 0) is 32.1 Å². The van der Waals surface area contributed by atoms with Crippen molar-refractivity contribution in [2.24, 2.45) is 11.7 Å². The van der Waals surface area contributed by atoms with Gasteiger partial charge in [0.15, 0.2) is 0 Å². The highest BCUT2D eigenvalue weighted by Crippen LogP contribution is 2.26. The second-order valence-electron chi connectivity index (χ2n) is 6.52. The smallest absolute Gasteiger partial charge is 0.134 e. The van der Waals surface area contributed by atoms with Crippen molar-refractivity contribution < 1.29 is 4.42 Å². The molecule has 0 saturated carbocycles. The Morgan fingerprint density at radius 3 is 2.76 bits per heavy atom. The minimum atomic E-state index is -0.0643. The molecule has 4 nitrogen and oxygen atoms in total. The minimum Gasteiger partial charge on any atom is -0.459 e. The zero-order valence-corrected chi connectivity index (χ0v) is 13.1. The van der Waals surface area contributed by atoms with Crippen LogP contribution in [0.4, 0.5) is 0 Å². The molecule has 3 atom stereocenters. The van der Waals surface area contributed by atoms with Crippen LogP contribution in [-0.4, -0.2) is 49.6 Å². The predicted molar refractivity (Wildman–Crippen MR) is 86.2 cm³/mol. The number of furan rings is 1. The highest BCUT2D eigenvalue weighted by atomic mass is 16.3. The first-order chi connectivity index (χ1) is 10.0. The monoisotopic (exact) mass is 287 g/mol. The molecule has 0 bridgehead atoms. The predicted octanol–water partition coefficient (Wildman–Crippen LogP) is 2.31. The standard InChI is InChI=1S/C17H25N3O/c1-12-9-20(11-15(12)19(2)3)10-14(18)17-8-13-6-4-5-7-16(13)21-17/h4-8,12,14-15H,9-11,18H2,1-3H3. The molecule has 1 fully saturated rings. The summed E-state index contributed by atoms with van der Waals surface area (Å²) in [7, 11) is 4.31. The van der Waals surface area contributed by atoms with Crippen LogP contribution in [0.1, 0.15) is 18.7 Å². The van der Waals surface area contributed by atoms with E-state index < -0.39 is 0 Å². The van der Waals surface area contributed by atoms with Crippen molar-refractivity contribution in [3.8, 4) is 0 Å². The lowest BCUT2D eigenvalue weighted by atomic mass is 10.1. The molecule has 1 aliphatic heterocycles. The van der Waals surface area contributed by atoms with Gasteiger partial charge in [0.2, 0.25) is 0 Å². The first-order valence-electron chi connectivity index (χ1n) is 7.67. The van der Waals surface area contributed by atoms with Gasteiger partial charge < -0.3 is 15.1 Å². The summed E-state index contributed by atoms with van der Waals surface area (Å²) in [6, 6.07) is 10.7. The molecule has 1 saturated heterocycles. The van der Waals surface area contributed by atoms with Crippen molar-refractivity contribution >= 4 is 11.0 Å². The average Bonchev–Trinajstić information content (AvgIpc) is 3.02. The van der Waals surface area contributed by atoms with E-state index in [1.165, 1.54) is 0 Å². The number of rotatable bonds is 4. The Bertz CT molecular complexity index is 574. The van der Waals surface area contributed by atoms with Gasteiger partial charge in [0.05, 0.1) is 6.04 Å². The van der Waals surface area contributed by atoms with E-state index in [1.807, 2.05) is 18.2 Å². The van der Waals surface area contributed by atoms with Gasteiger partial charge in [0.25, 0.3) is 0 Å². The van der Waals surface area contributed by atoms with Crippen molar-refractivity contribution in [2.45, 2.75) is 19.0 Å². The Kier molecular flexibility index (Phi) is 4.02. The van der Waals surface area contributed by atoms with E-state index >= 15 is 0 Å². The van der Waals surface area contributed by atoms with Crippen molar-refractivity contribution in [2.75, 3.05) is 33.7 Å². The molecule has 0 aliphatic carbocycles. The Labute approximate surface area is 126 Å². The van der Waals surface area contributed by atoms with Gasteiger partial charge in [-0.15, -0.1) is 0 Å². The van der Waals surface area contributed by atoms with E-state index in [2.05, 4.69) is 43.0 Å². The Morgan fingerprint density at radius 2 is 2.10 bits per heavy atom. The normalized spacial score (nSPS) is 25.0. The third kappa shape index (κ3) is 2.98. The second-order valence-corrected chi connectivity index (χ2v) is 6.52. The fourth-order valence-electron chi connectivity index (χ4n) is 3.42. The highest BCUT2D eigenvalue weighted by molar-refractivity contribution is 5.77. The molecule has 3 rings (SSSR count). The first-order valence-corrected chi connectivity index (χ1v) is 7.67. The van der Waals surface area contributed by atoms with Crippen LogP contribution in [-0.2, 0) is 0 Å². The molecular formula is C17H25N3O. The number of nitrogens with zero attached hydrogens (tertiary/aromatic N) is 2. The molecule has 21 heavy (non-hydrogen) atoms. The van der Waals surface area contributed by atoms with Crippen LogP contribution in [0.2, 0.25) is 0 Å². The number of benzene rings is 1. The molecule has 1 aliphatic rings. The summed E-state index contributed by atoms with van der Waals surface area (Å²) in [4.78, 5) is 4.77. The lowest BCUT2D eigenvalue weighted by Gasteiger charge is -2.23. The van der Waals surface area contributed by atoms with Crippen molar-refractivity contribution in [1.29, 1.82) is 0 Å². The number of hydrogen-bond acceptors (Lipinski definition) is 4. The van der Waals surface area contributed by atoms with E-state index in [0.717, 1.165) is 36.4 Å². The maximum Gasteiger partial charge on any atom is 0.134 e. The molecule has 2 N–H and O–H groups in total. The van der Waals surface area contributed by atoms with Crippen molar-refractivity contribution in [3.05, 3.63) is 36.1 Å². The van der Waals surface area contributed by atoms with Crippen LogP contribution in [0.3, 0.4) is 0 Å². The van der Waals surface area contributed by atoms with E-state index in [9.17, 15) is 0 Å². The molecule has 0 spiro atoms. The van der Waals surface area contributed by atoms with Crippen molar-refractivity contribution in [3.63, 3.8) is 0 Å². The zero-order valence-electron chi connectivity index (χ0n) is 13.1. The summed E-state index contributed by atoms with van der Waals surface area (Å²) in [6.07, 6.45) is 0. The average molecular weight is 287 g/mol. The number of para-hydroxylation sites is 1. The highest BCUT2D eigenvalue weighted by Gasteiger charge is 2.32. The Morgan fingerprint density at radius 1 is 1.33 bits per heavy atom. The molecule has 114 valence electrons. The molecular weight excluding hydrogens is 262 g/mol. The second kappa shape index (κ2) is 5.79. The Balaban J connectivity index is 1.68. The van der Waals surface area contributed by atoms with Crippen LogP contribution < -0.4 is 5.73 Å². The van der Waals surface area contributed by atoms with Gasteiger partial charge in [-0.2, -0.15) is 0 Å². The topological polar surface area (TPSA) is 45.6 Å². The lowest BCUT2D eigenvalue weighted by molar-refractivity contribution is 0.245. The van der Waals surface area contributed by atoms with Gasteiger partial charge in [0.1, 0.15) is 11.3 Å². The summed E-state index contributed by atoms with van der Waals surface area (Å²) in [5.74, 6) is 1.57. The quantitative estimate of drug-likeness (QED) is 0.937. The van der Waals surface area contributed by atoms with Gasteiger partial charge in [-0.1, -0.05) is 25.1 Å². The van der Waals surface area contributed by atoms with E-state index in [1.54, 1.807) is 0 Å². The zero-order chi connectivity index (χ0) is 15.0. The number of fused-ring (bicyclic) bond motifs is 1. The largest absolute Gasteiger partial charge is 0.459 e. The first kappa shape index (κ1) is 14.6. The molecule has 0 radical (unpaired) electrons. The number of nitrogens with two attached hydrogens (primary N) is 1. The molecule has 1 aromatic heterocycles. The fourth-order valence-corrected chi connectivity index (χ4v) is 3.42. The van der Waals surface area contributed by atoms with Gasteiger partial charge in [-0.3, -0.25) is 4.90 Å². The van der Waals surface area contributed by atoms with Crippen LogP contribution >= 0.6 is 0 Å². The molecule has 3 unspecified atom stereocenters. The van der Waals surface area contributed by atoms with Crippen LogP contribution in [0.25, 0.3) is 11.0 Å². The maximum absolute atomic E-state index is 6.36. The molecule has 1 aromatic carbocycles. The summed E-state index contributed by atoms with van der Waals surface area (Å²) in [5.41, 5.74) is 7.28. The van der Waals surface area contributed by atoms with Gasteiger partial charge in [0, 0.05) is 31.1 Å². The van der Waals surface area contributed by atoms with E-state index in [0.29, 0.717) is 12.0 Å². The van der Waals surface area contributed by atoms with Crippen LogP contribution in [0, 0.1) is 5.92 Å². The SMILES string of the molecule is CC1CN(CC(N)c2cc3ccccc3o2)CC1N(C)C. The van der Waals surface area contributed by atoms with Crippen molar-refractivity contribution in [1.82, 2.24) is 9.80 Å². The summed E-state index contributed by atoms with van der Waals surface area (Å²) < 4.78 is 5.88. The van der Waals surface area contributed by atoms with E-state index in [-0.39, 0.29) is 6.04 Å². The van der Waals surface area contributed by atoms with Crippen LogP contribution in [0.15, 0.2) is 34.7 Å². The minimum absolute atomic E-state index is 0.0643. The van der Waals surface area contributed by atoms with E-state index in [4.69, 9.17) is 10.2 Å². The van der Waals surface area contributed by atoms with Crippen LogP contribution in [0.5, 0.6) is 0 Å². The number of likely N-dealkylation sites (tertiary alicyclic amines) is 1. The van der Waals surface area contributed by atoms with Gasteiger partial charge >= 0.3 is 0 Å². The summed E-state index contributed by atoms with van der Waals surface area (Å²) >= 11 is 0. The Hall–Kier alpha value is -1.36. The summed E-state index contributed by atoms with van der Waals surface area (Å²) in [6.45, 7) is 5.37. The number of hydrogen-bond donors (Lipinski definition) is 1. The third-order valence-electron chi connectivity index (χ3n) is 4.58. The molecule has 2 heterocycles. The van der Waals surface area contributed by atoms with Gasteiger partial charge in [-0.25, -0.2) is 0 Å². The third-order valence-corrected chi connectivity index (χ3v) is 4.58. The number of likely N-dealkylation sites (N-methyl/N-ethyl adjacent to an activating group) is 1.